The summed E-state index contributed by atoms with van der Waals surface area (Å²) in [5.41, 5.74) is -2.55. The lowest BCUT2D eigenvalue weighted by molar-refractivity contribution is -0.909. The Labute approximate surface area is 417 Å². The molecule has 20 heteroatoms. The third kappa shape index (κ3) is 11.3. The van der Waals surface area contributed by atoms with E-state index >= 15 is 8.78 Å². The summed E-state index contributed by atoms with van der Waals surface area (Å²) >= 11 is 12.3. The molecule has 72 heavy (non-hydrogen) atoms. The van der Waals surface area contributed by atoms with Crippen LogP contribution in [0.5, 0.6) is 0 Å². The summed E-state index contributed by atoms with van der Waals surface area (Å²) in [5, 5.41) is 35.8. The number of pyridine rings is 2. The molecule has 0 aliphatic heterocycles. The summed E-state index contributed by atoms with van der Waals surface area (Å²) in [6.45, 7) is -0.737. The van der Waals surface area contributed by atoms with Gasteiger partial charge in [0, 0.05) is 60.8 Å². The van der Waals surface area contributed by atoms with Gasteiger partial charge in [0.05, 0.1) is 32.3 Å². The molecule has 2 unspecified atom stereocenters. The quantitative estimate of drug-likeness (QED) is 0.0245. The van der Waals surface area contributed by atoms with Gasteiger partial charge in [-0.2, -0.15) is 0 Å². The number of aromatic carboxylic acids is 1. The van der Waals surface area contributed by atoms with Gasteiger partial charge in [-0.1, -0.05) is 61.4 Å². The number of amides is 2. The summed E-state index contributed by atoms with van der Waals surface area (Å²) in [6.07, 6.45) is 0.629. The number of alkyl halides is 4. The van der Waals surface area contributed by atoms with Crippen LogP contribution in [0.25, 0.3) is 22.3 Å². The molecule has 6 aromatic rings. The molecule has 0 bridgehead atoms. The molecule has 2 aliphatic carbocycles. The molecule has 4 aromatic carbocycles. The van der Waals surface area contributed by atoms with Gasteiger partial charge in [-0.15, -0.1) is 0 Å². The van der Waals surface area contributed by atoms with Crippen LogP contribution in [0, 0.1) is 23.5 Å². The number of hydrogen-bond acceptors (Lipinski definition) is 7. The zero-order chi connectivity index (χ0) is 51.5. The Balaban J connectivity index is 0.950. The van der Waals surface area contributed by atoms with E-state index in [0.29, 0.717) is 28.0 Å². The number of benzene rings is 4. The summed E-state index contributed by atoms with van der Waals surface area (Å²) in [5.74, 6) is -7.16. The fraction of sp³-hybridized carbons (Fsp3) is 0.269. The molecule has 0 radical (unpaired) electrons. The van der Waals surface area contributed by atoms with Gasteiger partial charge in [-0.05, 0) is 97.5 Å². The van der Waals surface area contributed by atoms with Gasteiger partial charge in [0.1, 0.15) is 24.3 Å². The first-order valence-electron chi connectivity index (χ1n) is 22.7. The highest BCUT2D eigenvalue weighted by Gasteiger charge is 2.38. The van der Waals surface area contributed by atoms with Crippen LogP contribution in [0.2, 0.25) is 10.0 Å². The number of nitrogens with zero attached hydrogens (tertiary/aromatic N) is 2. The average molecular weight is 1040 g/mol. The van der Waals surface area contributed by atoms with Crippen LogP contribution in [-0.4, -0.2) is 39.3 Å². The number of carboxylic acid groups (broad SMARTS) is 1. The molecule has 2 saturated carbocycles. The van der Waals surface area contributed by atoms with Crippen LogP contribution in [0.1, 0.15) is 118 Å². The molecule has 2 heterocycles. The van der Waals surface area contributed by atoms with Crippen molar-refractivity contribution < 1.29 is 75.2 Å². The van der Waals surface area contributed by atoms with Gasteiger partial charge in [-0.3, -0.25) is 20.0 Å². The highest BCUT2D eigenvalue weighted by molar-refractivity contribution is 6.32. The number of rotatable bonds is 18. The Kier molecular flexibility index (Phi) is 15.4. The first-order chi connectivity index (χ1) is 34.4. The minimum atomic E-state index is -3.27. The summed E-state index contributed by atoms with van der Waals surface area (Å²) < 4.78 is 94.7. The van der Waals surface area contributed by atoms with Crippen molar-refractivity contribution >= 4 is 58.3 Å². The maximum absolute atomic E-state index is 16.1. The summed E-state index contributed by atoms with van der Waals surface area (Å²) in [7, 11) is 0. The lowest BCUT2D eigenvalue weighted by atomic mass is 9.77. The van der Waals surface area contributed by atoms with Crippen molar-refractivity contribution in [2.24, 2.45) is 11.8 Å². The number of carbonyl (C=O) groups is 4. The molecule has 12 nitrogen and oxygen atoms in total. The van der Waals surface area contributed by atoms with Crippen LogP contribution in [0.3, 0.4) is 0 Å². The van der Waals surface area contributed by atoms with Gasteiger partial charge >= 0.3 is 11.9 Å². The molecular weight excluding hydrogens is 993 g/mol. The number of ether oxygens (including phenoxy) is 1. The zero-order valence-corrected chi connectivity index (χ0v) is 39.2. The van der Waals surface area contributed by atoms with Gasteiger partial charge in [0.15, 0.2) is 5.82 Å². The second-order valence-corrected chi connectivity index (χ2v) is 18.5. The Morgan fingerprint density at radius 3 is 1.57 bits per heavy atom. The second-order valence-electron chi connectivity index (χ2n) is 17.8. The number of esters is 1. The molecular formula is C52H44Cl2F6N4O8+2. The maximum Gasteiger partial charge on any atom is 0.338 e. The first-order valence-corrected chi connectivity index (χ1v) is 23.4. The smallest absolute Gasteiger partial charge is 0.338 e. The zero-order valence-electron chi connectivity index (χ0n) is 37.7. The number of aromatic nitrogens is 2. The van der Waals surface area contributed by atoms with Crippen molar-refractivity contribution in [1.29, 1.82) is 0 Å². The molecule has 8 rings (SSSR count). The molecule has 2 fully saturated rings. The number of halogens is 8. The number of nitrogens with one attached hydrogen (secondary N) is 2. The van der Waals surface area contributed by atoms with E-state index in [1.54, 1.807) is 0 Å². The van der Waals surface area contributed by atoms with E-state index in [1.165, 1.54) is 72.8 Å². The fourth-order valence-electron chi connectivity index (χ4n) is 8.71. The van der Waals surface area contributed by atoms with Crippen molar-refractivity contribution in [3.05, 3.63) is 164 Å². The molecule has 374 valence electrons. The molecule has 2 aliphatic rings. The van der Waals surface area contributed by atoms with Crippen LogP contribution < -0.4 is 20.1 Å². The Hall–Kier alpha value is -7.18. The fourth-order valence-corrected chi connectivity index (χ4v) is 9.07. The first kappa shape index (κ1) is 51.2. The van der Waals surface area contributed by atoms with E-state index in [4.69, 9.17) is 27.9 Å². The molecule has 5 N–H and O–H groups in total. The number of anilines is 2. The Bertz CT molecular complexity index is 3070. The maximum atomic E-state index is 16.1. The number of hydrogen-bond donors (Lipinski definition) is 5. The summed E-state index contributed by atoms with van der Waals surface area (Å²) in [6, 6.07) is 18.9. The Morgan fingerprint density at radius 1 is 0.639 bits per heavy atom. The highest BCUT2D eigenvalue weighted by Crippen LogP contribution is 2.42. The van der Waals surface area contributed by atoms with Crippen LogP contribution in [-0.2, 0) is 20.9 Å². The summed E-state index contributed by atoms with van der Waals surface area (Å²) in [4.78, 5) is 51.8. The van der Waals surface area contributed by atoms with Crippen LogP contribution in [0.4, 0.5) is 37.7 Å². The van der Waals surface area contributed by atoms with Gasteiger partial charge in [-0.25, -0.2) is 35.9 Å². The molecule has 0 saturated heterocycles. The van der Waals surface area contributed by atoms with Crippen LogP contribution >= 0.6 is 23.2 Å². The van der Waals surface area contributed by atoms with Gasteiger partial charge in [0.2, 0.25) is 35.6 Å². The standard InChI is InChI=1S/C52H42Cl2F6N4O8/c53-39-17-16-35(47(57)58)42(45(39)55)30-10-18-40(63(70)23-30)36(20-26-2-1-3-26)49(65)62-34-14-8-29(9-15-34)52(69)72-25-32-22-38(48(59)60)43(46(56)44(32)54)31-11-19-41(64(71)24-31)37(21-27-4-5-27)50(66)61-33-12-6-28(7-13-33)51(67)68/h6-19,22-24,26-27,36-37,47-48H,1-5,20-21,25H2,(H3-2,61,62,65,66,67,68,69,70,71)/p+2. The molecule has 2 aromatic heterocycles. The second kappa shape index (κ2) is 21.7. The number of carbonyl (C=O) groups excluding carboxylic acids is 3. The molecule has 2 amide bonds. The monoisotopic (exact) mass is 1040 g/mol. The SMILES string of the molecule is O=C(O)c1ccc(NC(=O)C(CC2CC2)c2ccc(-c3c(C(F)F)cc(COC(=O)c4ccc(NC(=O)C(CC5CCC5)c5ccc(-c6c(C(F)F)ccc(Cl)c6F)c[n+]5O)cc4)c(Cl)c3F)c[n+]2O)cc1. The van der Waals surface area contributed by atoms with E-state index in [2.05, 4.69) is 10.6 Å². The highest BCUT2D eigenvalue weighted by atomic mass is 35.5. The van der Waals surface area contributed by atoms with E-state index in [1.807, 2.05) is 0 Å². The van der Waals surface area contributed by atoms with Crippen molar-refractivity contribution in [2.75, 3.05) is 10.6 Å². The predicted octanol–water partition coefficient (Wildman–Crippen LogP) is 12.0. The van der Waals surface area contributed by atoms with Gasteiger partial charge < -0.3 is 20.5 Å². The third-order valence-corrected chi connectivity index (χ3v) is 13.7. The van der Waals surface area contributed by atoms with E-state index in [-0.39, 0.29) is 56.7 Å². The largest absolute Gasteiger partial charge is 0.478 e. The third-order valence-electron chi connectivity index (χ3n) is 13.0. The van der Waals surface area contributed by atoms with Crippen molar-refractivity contribution in [3.8, 4) is 22.3 Å². The minimum absolute atomic E-state index is 0.00927. The number of carboxylic acids is 1. The van der Waals surface area contributed by atoms with E-state index in [9.17, 15) is 52.3 Å². The lowest BCUT2D eigenvalue weighted by Crippen LogP contribution is -2.40. The minimum Gasteiger partial charge on any atom is -0.478 e. The lowest BCUT2D eigenvalue weighted by Gasteiger charge is -2.28. The van der Waals surface area contributed by atoms with Crippen molar-refractivity contribution in [3.63, 3.8) is 0 Å². The van der Waals surface area contributed by atoms with Crippen molar-refractivity contribution in [1.82, 2.24) is 0 Å². The predicted molar refractivity (Wildman–Crippen MR) is 249 cm³/mol. The van der Waals surface area contributed by atoms with E-state index in [0.717, 1.165) is 62.7 Å². The average Bonchev–Trinajstić information content (AvgIpc) is 4.16. The van der Waals surface area contributed by atoms with Crippen molar-refractivity contribution in [2.45, 2.75) is 76.2 Å². The van der Waals surface area contributed by atoms with Gasteiger partial charge in [0.25, 0.3) is 12.9 Å². The Morgan fingerprint density at radius 2 is 1.12 bits per heavy atom. The van der Waals surface area contributed by atoms with E-state index < -0.39 is 99.0 Å². The topological polar surface area (TPSA) is 170 Å². The molecule has 0 spiro atoms. The van der Waals surface area contributed by atoms with Crippen LogP contribution in [0.15, 0.2) is 103 Å². The normalized spacial score (nSPS) is 14.4. The molecule has 2 atom stereocenters.